The van der Waals surface area contributed by atoms with Gasteiger partial charge in [0.2, 0.25) is 5.91 Å². The molecule has 0 fully saturated rings. The topological polar surface area (TPSA) is 69.0 Å². The Bertz CT molecular complexity index is 1050. The molecule has 0 unspecified atom stereocenters. The quantitative estimate of drug-likeness (QED) is 0.390. The molecule has 3 aromatic rings. The summed E-state index contributed by atoms with van der Waals surface area (Å²) in [5.41, 5.74) is 2.94. The minimum atomic E-state index is -0.118. The van der Waals surface area contributed by atoms with Crippen molar-refractivity contribution in [1.82, 2.24) is 20.1 Å². The zero-order chi connectivity index (χ0) is 21.5. The maximum atomic E-state index is 12.4. The summed E-state index contributed by atoms with van der Waals surface area (Å²) in [4.78, 5) is 12.4. The van der Waals surface area contributed by atoms with Crippen molar-refractivity contribution in [2.24, 2.45) is 0 Å². The molecule has 0 aliphatic carbocycles. The van der Waals surface area contributed by atoms with Gasteiger partial charge in [-0.1, -0.05) is 53.2 Å². The van der Waals surface area contributed by atoms with Gasteiger partial charge >= 0.3 is 0 Å². The SMILES string of the molecule is C=CCn1c(SCC(=O)NCc2cc(Cl)ccc2OC)nnc1-c1cccc(C)c1. The van der Waals surface area contributed by atoms with Crippen LogP contribution in [0.3, 0.4) is 0 Å². The average molecular weight is 443 g/mol. The first-order chi connectivity index (χ1) is 14.5. The number of aromatic nitrogens is 3. The first-order valence-electron chi connectivity index (χ1n) is 9.35. The van der Waals surface area contributed by atoms with Crippen molar-refractivity contribution in [3.05, 3.63) is 71.3 Å². The molecular formula is C22H23ClN4O2S. The lowest BCUT2D eigenvalue weighted by Crippen LogP contribution is -2.25. The summed E-state index contributed by atoms with van der Waals surface area (Å²) in [6.45, 7) is 6.74. The van der Waals surface area contributed by atoms with Gasteiger partial charge in [-0.2, -0.15) is 0 Å². The molecule has 0 saturated carbocycles. The predicted molar refractivity (Wildman–Crippen MR) is 121 cm³/mol. The molecule has 0 saturated heterocycles. The van der Waals surface area contributed by atoms with Crippen LogP contribution in [0.1, 0.15) is 11.1 Å². The molecule has 156 valence electrons. The van der Waals surface area contributed by atoms with Crippen LogP contribution in [0.5, 0.6) is 5.75 Å². The van der Waals surface area contributed by atoms with Crippen molar-refractivity contribution in [1.29, 1.82) is 0 Å². The minimum absolute atomic E-state index is 0.118. The predicted octanol–water partition coefficient (Wildman–Crippen LogP) is 4.51. The van der Waals surface area contributed by atoms with E-state index in [2.05, 4.69) is 28.2 Å². The highest BCUT2D eigenvalue weighted by Gasteiger charge is 2.15. The molecule has 0 aliphatic rings. The maximum absolute atomic E-state index is 12.4. The Labute approximate surface area is 185 Å². The summed E-state index contributed by atoms with van der Waals surface area (Å²) in [7, 11) is 1.59. The van der Waals surface area contributed by atoms with E-state index in [1.807, 2.05) is 29.7 Å². The Kier molecular flexibility index (Phi) is 7.54. The van der Waals surface area contributed by atoms with Gasteiger partial charge in [0.15, 0.2) is 11.0 Å². The van der Waals surface area contributed by atoms with Crippen molar-refractivity contribution in [3.8, 4) is 17.1 Å². The lowest BCUT2D eigenvalue weighted by molar-refractivity contribution is -0.118. The van der Waals surface area contributed by atoms with E-state index in [0.29, 0.717) is 29.0 Å². The van der Waals surface area contributed by atoms with E-state index >= 15 is 0 Å². The van der Waals surface area contributed by atoms with Crippen LogP contribution in [0.25, 0.3) is 11.4 Å². The van der Waals surface area contributed by atoms with Crippen LogP contribution >= 0.6 is 23.4 Å². The Morgan fingerprint density at radius 2 is 2.13 bits per heavy atom. The number of amides is 1. The van der Waals surface area contributed by atoms with Gasteiger partial charge in [-0.25, -0.2) is 0 Å². The second-order valence-corrected chi connectivity index (χ2v) is 7.98. The molecule has 1 N–H and O–H groups in total. The zero-order valence-electron chi connectivity index (χ0n) is 16.9. The number of hydrogen-bond acceptors (Lipinski definition) is 5. The van der Waals surface area contributed by atoms with Crippen LogP contribution in [0.4, 0.5) is 0 Å². The molecule has 0 atom stereocenters. The number of allylic oxidation sites excluding steroid dienone is 1. The van der Waals surface area contributed by atoms with Gasteiger partial charge in [-0.3, -0.25) is 9.36 Å². The molecule has 8 heteroatoms. The first kappa shape index (κ1) is 21.9. The van der Waals surface area contributed by atoms with Crippen molar-refractivity contribution in [2.45, 2.75) is 25.2 Å². The fourth-order valence-electron chi connectivity index (χ4n) is 2.95. The number of methoxy groups -OCH3 is 1. The third-order valence-electron chi connectivity index (χ3n) is 4.36. The largest absolute Gasteiger partial charge is 0.496 e. The van der Waals surface area contributed by atoms with E-state index in [1.54, 1.807) is 31.4 Å². The highest BCUT2D eigenvalue weighted by Crippen LogP contribution is 2.25. The lowest BCUT2D eigenvalue weighted by atomic mass is 10.1. The summed E-state index contributed by atoms with van der Waals surface area (Å²) in [6, 6.07) is 13.4. The maximum Gasteiger partial charge on any atom is 0.230 e. The Morgan fingerprint density at radius 3 is 2.87 bits per heavy atom. The van der Waals surface area contributed by atoms with Gasteiger partial charge in [0.05, 0.1) is 12.9 Å². The van der Waals surface area contributed by atoms with Gasteiger partial charge < -0.3 is 10.1 Å². The molecule has 1 amide bonds. The molecular weight excluding hydrogens is 420 g/mol. The average Bonchev–Trinajstić information content (AvgIpc) is 3.13. The van der Waals surface area contributed by atoms with E-state index in [1.165, 1.54) is 11.8 Å². The molecule has 2 aromatic carbocycles. The number of benzene rings is 2. The van der Waals surface area contributed by atoms with Crippen LogP contribution in [-0.2, 0) is 17.9 Å². The van der Waals surface area contributed by atoms with Gasteiger partial charge in [-0.05, 0) is 31.2 Å². The van der Waals surface area contributed by atoms with Crippen LogP contribution in [0, 0.1) is 6.92 Å². The summed E-state index contributed by atoms with van der Waals surface area (Å²) >= 11 is 7.38. The highest BCUT2D eigenvalue weighted by molar-refractivity contribution is 7.99. The van der Waals surface area contributed by atoms with Gasteiger partial charge in [-0.15, -0.1) is 16.8 Å². The van der Waals surface area contributed by atoms with Crippen molar-refractivity contribution in [3.63, 3.8) is 0 Å². The van der Waals surface area contributed by atoms with Crippen LogP contribution in [0.2, 0.25) is 5.02 Å². The van der Waals surface area contributed by atoms with Crippen molar-refractivity contribution >= 4 is 29.3 Å². The fraction of sp³-hybridized carbons (Fsp3) is 0.227. The standard InChI is InChI=1S/C22H23ClN4O2S/c1-4-10-27-21(16-7-5-6-15(2)11-16)25-26-22(27)30-14-20(28)24-13-17-12-18(23)8-9-19(17)29-3/h4-9,11-12H,1,10,13-14H2,2-3H3,(H,24,28). The van der Waals surface area contributed by atoms with E-state index < -0.39 is 0 Å². The monoisotopic (exact) mass is 442 g/mol. The normalized spacial score (nSPS) is 10.6. The second kappa shape index (κ2) is 10.3. The summed E-state index contributed by atoms with van der Waals surface area (Å²) in [5, 5.41) is 12.8. The number of carbonyl (C=O) groups excluding carboxylic acids is 1. The minimum Gasteiger partial charge on any atom is -0.496 e. The Morgan fingerprint density at radius 1 is 1.30 bits per heavy atom. The molecule has 1 heterocycles. The number of nitrogens with one attached hydrogen (secondary N) is 1. The number of rotatable bonds is 9. The van der Waals surface area contributed by atoms with Crippen LogP contribution < -0.4 is 10.1 Å². The summed E-state index contributed by atoms with van der Waals surface area (Å²) in [5.74, 6) is 1.53. The van der Waals surface area contributed by atoms with Crippen molar-refractivity contribution < 1.29 is 9.53 Å². The molecule has 1 aromatic heterocycles. The number of nitrogens with zero attached hydrogens (tertiary/aromatic N) is 3. The van der Waals surface area contributed by atoms with E-state index in [4.69, 9.17) is 16.3 Å². The van der Waals surface area contributed by atoms with Gasteiger partial charge in [0.1, 0.15) is 5.75 Å². The van der Waals surface area contributed by atoms with Crippen LogP contribution in [0.15, 0.2) is 60.3 Å². The fourth-order valence-corrected chi connectivity index (χ4v) is 3.92. The highest BCUT2D eigenvalue weighted by atomic mass is 35.5. The Balaban J connectivity index is 1.66. The van der Waals surface area contributed by atoms with Gasteiger partial charge in [0, 0.05) is 29.2 Å². The third kappa shape index (κ3) is 5.43. The third-order valence-corrected chi connectivity index (χ3v) is 5.56. The number of aryl methyl sites for hydroxylation is 1. The number of thioether (sulfide) groups is 1. The molecule has 6 nitrogen and oxygen atoms in total. The van der Waals surface area contributed by atoms with E-state index in [-0.39, 0.29) is 11.7 Å². The second-order valence-electron chi connectivity index (χ2n) is 6.60. The number of ether oxygens (including phenoxy) is 1. The zero-order valence-corrected chi connectivity index (χ0v) is 18.5. The number of halogens is 1. The van der Waals surface area contributed by atoms with Crippen molar-refractivity contribution in [2.75, 3.05) is 12.9 Å². The molecule has 0 aliphatic heterocycles. The molecule has 3 rings (SSSR count). The Hall–Kier alpha value is -2.77. The first-order valence-corrected chi connectivity index (χ1v) is 10.7. The number of carbonyl (C=O) groups is 1. The molecule has 0 radical (unpaired) electrons. The van der Waals surface area contributed by atoms with Gasteiger partial charge in [0.25, 0.3) is 0 Å². The molecule has 30 heavy (non-hydrogen) atoms. The lowest BCUT2D eigenvalue weighted by Gasteiger charge is -2.11. The number of hydrogen-bond donors (Lipinski definition) is 1. The van der Waals surface area contributed by atoms with E-state index in [9.17, 15) is 4.79 Å². The molecule has 0 spiro atoms. The van der Waals surface area contributed by atoms with Crippen LogP contribution in [-0.4, -0.2) is 33.5 Å². The summed E-state index contributed by atoms with van der Waals surface area (Å²) < 4.78 is 7.27. The smallest absolute Gasteiger partial charge is 0.230 e. The summed E-state index contributed by atoms with van der Waals surface area (Å²) in [6.07, 6.45) is 1.79. The molecule has 0 bridgehead atoms. The van der Waals surface area contributed by atoms with E-state index in [0.717, 1.165) is 22.5 Å².